The Kier molecular flexibility index (Phi) is 8.94. The predicted molar refractivity (Wildman–Crippen MR) is 160 cm³/mol. The van der Waals surface area contributed by atoms with Crippen LogP contribution in [0.5, 0.6) is 0 Å². The maximum Gasteiger partial charge on any atom is 0.253 e. The average molecular weight is 634 g/mol. The molecule has 1 aliphatic heterocycles. The summed E-state index contributed by atoms with van der Waals surface area (Å²) in [7, 11) is -4.02. The Morgan fingerprint density at radius 1 is 1.05 bits per heavy atom. The lowest BCUT2D eigenvalue weighted by Gasteiger charge is -2.48. The van der Waals surface area contributed by atoms with E-state index in [-0.39, 0.29) is 18.5 Å². The van der Waals surface area contributed by atoms with E-state index >= 15 is 0 Å². The van der Waals surface area contributed by atoms with Crippen LogP contribution in [0.1, 0.15) is 62.3 Å². The van der Waals surface area contributed by atoms with Crippen LogP contribution in [0.4, 0.5) is 10.1 Å². The van der Waals surface area contributed by atoms with E-state index in [1.165, 1.54) is 18.2 Å². The van der Waals surface area contributed by atoms with Crippen LogP contribution in [0.2, 0.25) is 10.0 Å². The molecule has 1 N–H and O–H groups in total. The normalized spacial score (nSPS) is 22.4. The number of carbonyl (C=O) groups excluding carboxylic acids is 2. The predicted octanol–water partition coefficient (Wildman–Crippen LogP) is 6.87. The van der Waals surface area contributed by atoms with Crippen molar-refractivity contribution < 1.29 is 27.1 Å². The number of hydrogen-bond acceptors (Lipinski definition) is 5. The molecule has 5 rings (SSSR count). The monoisotopic (exact) mass is 632 g/mol. The van der Waals surface area contributed by atoms with E-state index in [9.17, 15) is 22.4 Å². The first-order valence-electron chi connectivity index (χ1n) is 13.8. The van der Waals surface area contributed by atoms with Gasteiger partial charge in [-0.25, -0.2) is 12.8 Å². The summed E-state index contributed by atoms with van der Waals surface area (Å²) in [6.07, 6.45) is 0.0122. The standard InChI is InChI=1S/C31H31Cl2FN2O5S/c1-2-24(19-31(15-16-31)42(39,40)35-26-9-4-3-8-25(26)34)36-28(20-10-12-22(32)13-11-20)29(21-6-5-7-23(33)18-21)41-27(14-17-37)30(36)38/h3-13,17-18,24,27-29,35H,2,14-16,19H2,1H3/t24-,27-,28+,29+/m0/s1. The first kappa shape index (κ1) is 30.5. The number of nitrogens with zero attached hydrogens (tertiary/aromatic N) is 1. The highest BCUT2D eigenvalue weighted by molar-refractivity contribution is 7.94. The molecular weight excluding hydrogens is 602 g/mol. The summed E-state index contributed by atoms with van der Waals surface area (Å²) < 4.78 is 49.3. The number of para-hydroxylation sites is 1. The molecule has 1 heterocycles. The lowest BCUT2D eigenvalue weighted by Crippen LogP contribution is -2.56. The van der Waals surface area contributed by atoms with Crippen molar-refractivity contribution in [1.29, 1.82) is 0 Å². The van der Waals surface area contributed by atoms with Gasteiger partial charge in [-0.05, 0) is 73.2 Å². The minimum absolute atomic E-state index is 0.120. The van der Waals surface area contributed by atoms with Gasteiger partial charge in [-0.15, -0.1) is 0 Å². The first-order valence-corrected chi connectivity index (χ1v) is 16.0. The van der Waals surface area contributed by atoms with Crippen molar-refractivity contribution in [3.8, 4) is 0 Å². The van der Waals surface area contributed by atoms with Gasteiger partial charge in [-0.1, -0.05) is 66.5 Å². The van der Waals surface area contributed by atoms with E-state index in [4.69, 9.17) is 27.9 Å². The SMILES string of the molecule is CC[C@@H](CC1(S(=O)(=O)Nc2ccccc2F)CC1)N1C(=O)[C@H](CC=O)O[C@H](c2cccc(Cl)c2)[C@H]1c1ccc(Cl)cc1. The summed E-state index contributed by atoms with van der Waals surface area (Å²) in [6.45, 7) is 1.89. The number of amides is 1. The Morgan fingerprint density at radius 3 is 2.38 bits per heavy atom. The van der Waals surface area contributed by atoms with Crippen molar-refractivity contribution in [2.24, 2.45) is 0 Å². The molecule has 2 aliphatic rings. The van der Waals surface area contributed by atoms with Crippen molar-refractivity contribution in [3.63, 3.8) is 0 Å². The number of benzene rings is 3. The fourth-order valence-corrected chi connectivity index (χ4v) is 7.78. The van der Waals surface area contributed by atoms with Gasteiger partial charge in [0.05, 0.1) is 16.5 Å². The quantitative estimate of drug-likeness (QED) is 0.233. The van der Waals surface area contributed by atoms with E-state index in [0.29, 0.717) is 41.2 Å². The van der Waals surface area contributed by atoms with Gasteiger partial charge in [0.1, 0.15) is 24.3 Å². The number of aldehydes is 1. The number of rotatable bonds is 11. The molecule has 42 heavy (non-hydrogen) atoms. The second-order valence-corrected chi connectivity index (χ2v) is 13.7. The molecule has 0 bridgehead atoms. The maximum atomic E-state index is 14.4. The molecule has 3 aromatic carbocycles. The molecule has 4 atom stereocenters. The molecule has 1 saturated carbocycles. The Balaban J connectivity index is 1.56. The Bertz CT molecular complexity index is 1570. The smallest absolute Gasteiger partial charge is 0.253 e. The molecule has 1 saturated heterocycles. The van der Waals surface area contributed by atoms with Crippen LogP contribution >= 0.6 is 23.2 Å². The molecule has 3 aromatic rings. The van der Waals surface area contributed by atoms with E-state index in [0.717, 1.165) is 5.56 Å². The van der Waals surface area contributed by atoms with E-state index in [1.807, 2.05) is 25.1 Å². The third-order valence-electron chi connectivity index (χ3n) is 8.09. The molecule has 7 nitrogen and oxygen atoms in total. The van der Waals surface area contributed by atoms with Gasteiger partial charge < -0.3 is 14.4 Å². The number of halogens is 3. The lowest BCUT2D eigenvalue weighted by atomic mass is 9.88. The minimum atomic E-state index is -4.02. The molecule has 0 aromatic heterocycles. The topological polar surface area (TPSA) is 92.8 Å². The van der Waals surface area contributed by atoms with Crippen molar-refractivity contribution in [2.45, 2.75) is 68.1 Å². The van der Waals surface area contributed by atoms with Crippen LogP contribution in [0.25, 0.3) is 0 Å². The lowest BCUT2D eigenvalue weighted by molar-refractivity contribution is -0.180. The summed E-state index contributed by atoms with van der Waals surface area (Å²) in [6, 6.07) is 18.6. The van der Waals surface area contributed by atoms with E-state index in [2.05, 4.69) is 4.72 Å². The fourth-order valence-electron chi connectivity index (χ4n) is 5.74. The third kappa shape index (κ3) is 6.06. The largest absolute Gasteiger partial charge is 0.357 e. The van der Waals surface area contributed by atoms with Gasteiger partial charge in [-0.2, -0.15) is 0 Å². The third-order valence-corrected chi connectivity index (χ3v) is 10.8. The molecule has 1 aliphatic carbocycles. The molecule has 2 fully saturated rings. The Labute approximate surface area is 255 Å². The number of nitrogens with one attached hydrogen (secondary N) is 1. The van der Waals surface area contributed by atoms with Crippen molar-refractivity contribution >= 4 is 51.1 Å². The van der Waals surface area contributed by atoms with Crippen molar-refractivity contribution in [1.82, 2.24) is 4.90 Å². The number of hydrogen-bond donors (Lipinski definition) is 1. The molecule has 222 valence electrons. The Hall–Kier alpha value is -2.98. The number of sulfonamides is 1. The number of anilines is 1. The second kappa shape index (κ2) is 12.3. The van der Waals surface area contributed by atoms with E-state index < -0.39 is 50.8 Å². The van der Waals surface area contributed by atoms with Gasteiger partial charge in [0.25, 0.3) is 5.91 Å². The number of carbonyl (C=O) groups is 2. The highest BCUT2D eigenvalue weighted by atomic mass is 35.5. The second-order valence-electron chi connectivity index (χ2n) is 10.8. The minimum Gasteiger partial charge on any atom is -0.357 e. The van der Waals surface area contributed by atoms with Crippen LogP contribution in [-0.2, 0) is 24.3 Å². The van der Waals surface area contributed by atoms with E-state index in [1.54, 1.807) is 41.3 Å². The average Bonchev–Trinajstić information content (AvgIpc) is 3.76. The molecule has 0 spiro atoms. The van der Waals surface area contributed by atoms with Gasteiger partial charge in [0.15, 0.2) is 0 Å². The molecule has 0 radical (unpaired) electrons. The Morgan fingerprint density at radius 2 is 1.76 bits per heavy atom. The van der Waals surface area contributed by atoms with Gasteiger partial charge >= 0.3 is 0 Å². The zero-order chi connectivity index (χ0) is 30.1. The fraction of sp³-hybridized carbons (Fsp3) is 0.355. The van der Waals surface area contributed by atoms with Gasteiger partial charge in [0, 0.05) is 22.5 Å². The number of morpholine rings is 1. The molecule has 0 unspecified atom stereocenters. The summed E-state index contributed by atoms with van der Waals surface area (Å²) in [5.41, 5.74) is 1.32. The molecule has 1 amide bonds. The van der Waals surface area contributed by atoms with Crippen LogP contribution in [0.15, 0.2) is 72.8 Å². The maximum absolute atomic E-state index is 14.4. The number of ether oxygens (including phenoxy) is 1. The van der Waals surface area contributed by atoms with Crippen molar-refractivity contribution in [2.75, 3.05) is 4.72 Å². The summed E-state index contributed by atoms with van der Waals surface area (Å²) in [4.78, 5) is 27.4. The molecular formula is C31H31Cl2FN2O5S. The van der Waals surface area contributed by atoms with Crippen molar-refractivity contribution in [3.05, 3.63) is 99.8 Å². The summed E-state index contributed by atoms with van der Waals surface area (Å²) >= 11 is 12.5. The first-order chi connectivity index (χ1) is 20.1. The van der Waals surface area contributed by atoms with Crippen LogP contribution < -0.4 is 4.72 Å². The summed E-state index contributed by atoms with van der Waals surface area (Å²) in [5.74, 6) is -1.07. The van der Waals surface area contributed by atoms with Gasteiger partial charge in [-0.3, -0.25) is 9.52 Å². The molecule has 11 heteroatoms. The van der Waals surface area contributed by atoms with Crippen LogP contribution in [0.3, 0.4) is 0 Å². The highest BCUT2D eigenvalue weighted by Gasteiger charge is 2.57. The van der Waals surface area contributed by atoms with Crippen LogP contribution in [-0.4, -0.2) is 42.4 Å². The summed E-state index contributed by atoms with van der Waals surface area (Å²) in [5, 5.41) is 0.997. The zero-order valence-corrected chi connectivity index (χ0v) is 25.2. The van der Waals surface area contributed by atoms with Gasteiger partial charge in [0.2, 0.25) is 10.0 Å². The van der Waals surface area contributed by atoms with Crippen LogP contribution in [0, 0.1) is 5.82 Å². The zero-order valence-electron chi connectivity index (χ0n) is 22.9. The highest BCUT2D eigenvalue weighted by Crippen LogP contribution is 2.51.